The number of aromatic amines is 1. The van der Waals surface area contributed by atoms with Gasteiger partial charge in [0.2, 0.25) is 0 Å². The average Bonchev–Trinajstić information content (AvgIpc) is 2.36. The first-order valence-corrected chi connectivity index (χ1v) is 6.93. The van der Waals surface area contributed by atoms with Gasteiger partial charge in [0, 0.05) is 12.6 Å². The predicted octanol–water partition coefficient (Wildman–Crippen LogP) is 1.13. The lowest BCUT2D eigenvalue weighted by Gasteiger charge is -2.30. The van der Waals surface area contributed by atoms with Crippen molar-refractivity contribution in [2.75, 3.05) is 11.1 Å². The van der Waals surface area contributed by atoms with Gasteiger partial charge in [-0.15, -0.1) is 0 Å². The Morgan fingerprint density at radius 2 is 2.05 bits per heavy atom. The van der Waals surface area contributed by atoms with Crippen LogP contribution in [0.3, 0.4) is 0 Å². The van der Waals surface area contributed by atoms with Gasteiger partial charge in [-0.25, -0.2) is 4.79 Å². The molecule has 1 aliphatic carbocycles. The minimum atomic E-state index is -0.452. The van der Waals surface area contributed by atoms with Gasteiger partial charge < -0.3 is 11.1 Å². The van der Waals surface area contributed by atoms with Crippen molar-refractivity contribution in [3.8, 4) is 0 Å². The lowest BCUT2D eigenvalue weighted by molar-refractivity contribution is 0.349. The van der Waals surface area contributed by atoms with Gasteiger partial charge in [-0.3, -0.25) is 14.3 Å². The van der Waals surface area contributed by atoms with Gasteiger partial charge in [0.25, 0.3) is 5.56 Å². The molecule has 6 heteroatoms. The number of nitrogens with one attached hydrogen (secondary N) is 2. The van der Waals surface area contributed by atoms with E-state index in [9.17, 15) is 9.59 Å². The largest absolute Gasteiger partial charge is 0.383 e. The van der Waals surface area contributed by atoms with Crippen molar-refractivity contribution in [2.24, 2.45) is 5.92 Å². The summed E-state index contributed by atoms with van der Waals surface area (Å²) in [4.78, 5) is 25.8. The van der Waals surface area contributed by atoms with Gasteiger partial charge in [-0.1, -0.05) is 19.8 Å². The van der Waals surface area contributed by atoms with Crippen LogP contribution in [0.25, 0.3) is 0 Å². The minimum Gasteiger partial charge on any atom is -0.383 e. The van der Waals surface area contributed by atoms with E-state index < -0.39 is 11.2 Å². The summed E-state index contributed by atoms with van der Waals surface area (Å²) in [6.07, 6.45) is 4.58. The molecule has 1 heterocycles. The van der Waals surface area contributed by atoms with Crippen LogP contribution in [0.1, 0.15) is 39.5 Å². The monoisotopic (exact) mass is 266 g/mol. The Kier molecular flexibility index (Phi) is 3.97. The van der Waals surface area contributed by atoms with E-state index in [1.807, 2.05) is 6.92 Å². The first-order chi connectivity index (χ1) is 9.04. The molecule has 0 spiro atoms. The summed E-state index contributed by atoms with van der Waals surface area (Å²) in [5.74, 6) is 0.739. The molecule has 1 aromatic rings. The Bertz CT molecular complexity index is 561. The van der Waals surface area contributed by atoms with Gasteiger partial charge in [-0.05, 0) is 25.7 Å². The maximum absolute atomic E-state index is 11.9. The standard InChI is InChI=1S/C13H22N4O2/c1-3-17-11(14)10(12(18)16-13(17)19)15-9-7-5-4-6-8(9)2/h8-9,15H,3-7,14H2,1-2H3,(H,16,18,19). The number of H-pyrrole nitrogens is 1. The topological polar surface area (TPSA) is 92.9 Å². The number of anilines is 2. The highest BCUT2D eigenvalue weighted by molar-refractivity contribution is 5.61. The van der Waals surface area contributed by atoms with Crippen LogP contribution in [0.15, 0.2) is 9.59 Å². The molecule has 0 amide bonds. The smallest absolute Gasteiger partial charge is 0.330 e. The number of rotatable bonds is 3. The van der Waals surface area contributed by atoms with E-state index in [0.717, 1.165) is 19.3 Å². The van der Waals surface area contributed by atoms with Crippen LogP contribution in [0, 0.1) is 5.92 Å². The summed E-state index contributed by atoms with van der Waals surface area (Å²) >= 11 is 0. The Morgan fingerprint density at radius 1 is 1.37 bits per heavy atom. The quantitative estimate of drug-likeness (QED) is 0.764. The molecule has 6 nitrogen and oxygen atoms in total. The highest BCUT2D eigenvalue weighted by atomic mass is 16.2. The lowest BCUT2D eigenvalue weighted by Crippen LogP contribution is -2.38. The van der Waals surface area contributed by atoms with Crippen molar-refractivity contribution in [2.45, 2.75) is 52.1 Å². The van der Waals surface area contributed by atoms with Crippen LogP contribution >= 0.6 is 0 Å². The van der Waals surface area contributed by atoms with Crippen molar-refractivity contribution in [1.82, 2.24) is 9.55 Å². The molecule has 19 heavy (non-hydrogen) atoms. The summed E-state index contributed by atoms with van der Waals surface area (Å²) in [7, 11) is 0. The molecule has 0 aromatic carbocycles. The van der Waals surface area contributed by atoms with Crippen molar-refractivity contribution in [1.29, 1.82) is 0 Å². The molecule has 2 unspecified atom stereocenters. The predicted molar refractivity (Wildman–Crippen MR) is 76.5 cm³/mol. The Labute approximate surface area is 112 Å². The van der Waals surface area contributed by atoms with E-state index in [-0.39, 0.29) is 11.9 Å². The van der Waals surface area contributed by atoms with Gasteiger partial charge in [0.15, 0.2) is 0 Å². The molecule has 1 aromatic heterocycles. The molecule has 0 bridgehead atoms. The van der Waals surface area contributed by atoms with Crippen LogP contribution in [0.5, 0.6) is 0 Å². The highest BCUT2D eigenvalue weighted by Gasteiger charge is 2.23. The molecule has 2 atom stereocenters. The Morgan fingerprint density at radius 3 is 2.68 bits per heavy atom. The van der Waals surface area contributed by atoms with Crippen molar-refractivity contribution in [3.63, 3.8) is 0 Å². The molecule has 2 rings (SSSR count). The highest BCUT2D eigenvalue weighted by Crippen LogP contribution is 2.27. The second-order valence-electron chi connectivity index (χ2n) is 5.28. The molecular formula is C13H22N4O2. The maximum Gasteiger partial charge on any atom is 0.330 e. The molecule has 1 saturated carbocycles. The van der Waals surface area contributed by atoms with Gasteiger partial charge in [-0.2, -0.15) is 0 Å². The average molecular weight is 266 g/mol. The normalized spacial score (nSPS) is 23.3. The number of aromatic nitrogens is 2. The van der Waals surface area contributed by atoms with E-state index in [0.29, 0.717) is 18.2 Å². The maximum atomic E-state index is 11.9. The van der Waals surface area contributed by atoms with Gasteiger partial charge in [0.05, 0.1) is 0 Å². The van der Waals surface area contributed by atoms with Crippen LogP contribution in [0.4, 0.5) is 11.5 Å². The minimum absolute atomic E-state index is 0.231. The number of nitrogens with zero attached hydrogens (tertiary/aromatic N) is 1. The second kappa shape index (κ2) is 5.50. The molecule has 106 valence electrons. The number of nitrogens with two attached hydrogens (primary N) is 1. The molecule has 1 aliphatic rings. The fourth-order valence-corrected chi connectivity index (χ4v) is 2.76. The first kappa shape index (κ1) is 13.7. The molecule has 4 N–H and O–H groups in total. The van der Waals surface area contributed by atoms with E-state index in [2.05, 4.69) is 17.2 Å². The van der Waals surface area contributed by atoms with Crippen molar-refractivity contribution in [3.05, 3.63) is 20.8 Å². The zero-order valence-electron chi connectivity index (χ0n) is 11.5. The molecule has 1 fully saturated rings. The summed E-state index contributed by atoms with van der Waals surface area (Å²) < 4.78 is 1.37. The molecule has 0 radical (unpaired) electrons. The summed E-state index contributed by atoms with van der Waals surface area (Å²) in [6, 6.07) is 0.250. The lowest BCUT2D eigenvalue weighted by atomic mass is 9.86. The van der Waals surface area contributed by atoms with E-state index >= 15 is 0 Å². The number of hydrogen-bond donors (Lipinski definition) is 3. The third-order valence-electron chi connectivity index (χ3n) is 4.00. The molecular weight excluding hydrogens is 244 g/mol. The Balaban J connectivity index is 2.34. The van der Waals surface area contributed by atoms with Crippen LogP contribution in [-0.4, -0.2) is 15.6 Å². The fraction of sp³-hybridized carbons (Fsp3) is 0.692. The summed E-state index contributed by atoms with van der Waals surface area (Å²) in [5, 5.41) is 3.24. The fourth-order valence-electron chi connectivity index (χ4n) is 2.76. The van der Waals surface area contributed by atoms with Crippen molar-refractivity contribution < 1.29 is 0 Å². The zero-order valence-corrected chi connectivity index (χ0v) is 11.5. The number of nitrogen functional groups attached to an aromatic ring is 1. The summed E-state index contributed by atoms with van der Waals surface area (Å²) in [5.41, 5.74) is 5.39. The zero-order chi connectivity index (χ0) is 14.0. The van der Waals surface area contributed by atoms with Gasteiger partial charge in [0.1, 0.15) is 11.5 Å². The van der Waals surface area contributed by atoms with E-state index in [1.165, 1.54) is 11.0 Å². The third-order valence-corrected chi connectivity index (χ3v) is 4.00. The van der Waals surface area contributed by atoms with E-state index in [4.69, 9.17) is 5.73 Å². The van der Waals surface area contributed by atoms with Crippen LogP contribution in [0.2, 0.25) is 0 Å². The second-order valence-corrected chi connectivity index (χ2v) is 5.28. The number of hydrogen-bond acceptors (Lipinski definition) is 4. The van der Waals surface area contributed by atoms with E-state index in [1.54, 1.807) is 0 Å². The SMILES string of the molecule is CCn1c(N)c(NC2CCCCC2C)c(=O)[nH]c1=O. The first-order valence-electron chi connectivity index (χ1n) is 6.93. The molecule has 0 aliphatic heterocycles. The third kappa shape index (κ3) is 2.67. The van der Waals surface area contributed by atoms with Crippen molar-refractivity contribution >= 4 is 11.5 Å². The van der Waals surface area contributed by atoms with Crippen LogP contribution < -0.4 is 22.3 Å². The van der Waals surface area contributed by atoms with Gasteiger partial charge >= 0.3 is 5.69 Å². The summed E-state index contributed by atoms with van der Waals surface area (Å²) in [6.45, 7) is 4.44. The Hall–Kier alpha value is -1.72. The van der Waals surface area contributed by atoms with Crippen LogP contribution in [-0.2, 0) is 6.54 Å². The molecule has 0 saturated heterocycles.